The van der Waals surface area contributed by atoms with E-state index < -0.39 is 0 Å². The molecule has 0 saturated carbocycles. The fourth-order valence-electron chi connectivity index (χ4n) is 2.20. The monoisotopic (exact) mass is 371 g/mol. The lowest BCUT2D eigenvalue weighted by atomic mass is 10.0. The third-order valence-electron chi connectivity index (χ3n) is 3.18. The predicted octanol–water partition coefficient (Wildman–Crippen LogP) is 3.33. The predicted molar refractivity (Wildman–Crippen MR) is 87.4 cm³/mol. The number of nitrogens with zero attached hydrogens (tertiary/aromatic N) is 2. The van der Waals surface area contributed by atoms with Crippen molar-refractivity contribution in [1.82, 2.24) is 14.9 Å². The Balaban J connectivity index is 2.55. The molecule has 2 aromatic rings. The van der Waals surface area contributed by atoms with E-state index in [1.54, 1.807) is 14.2 Å². The maximum absolute atomic E-state index is 5.58. The Labute approximate surface area is 137 Å². The van der Waals surface area contributed by atoms with E-state index in [0.29, 0.717) is 0 Å². The van der Waals surface area contributed by atoms with Crippen LogP contribution in [0.1, 0.15) is 29.1 Å². The van der Waals surface area contributed by atoms with Crippen LogP contribution in [0.5, 0.6) is 11.5 Å². The Hall–Kier alpha value is -1.18. The molecule has 0 fully saturated rings. The van der Waals surface area contributed by atoms with Crippen LogP contribution in [0.4, 0.5) is 0 Å². The van der Waals surface area contributed by atoms with Gasteiger partial charge in [0.05, 0.1) is 30.8 Å². The van der Waals surface area contributed by atoms with Crippen molar-refractivity contribution in [1.29, 1.82) is 0 Å². The molecule has 0 amide bonds. The summed E-state index contributed by atoms with van der Waals surface area (Å²) in [5.41, 5.74) is 1.96. The third-order valence-corrected chi connectivity index (χ3v) is 4.83. The molecule has 0 aliphatic carbocycles. The first-order chi connectivity index (χ1) is 10.1. The second-order valence-corrected chi connectivity index (χ2v) is 6.00. The first-order valence-corrected chi connectivity index (χ1v) is 8.13. The molecule has 0 aliphatic rings. The van der Waals surface area contributed by atoms with Gasteiger partial charge in [0.25, 0.3) is 0 Å². The van der Waals surface area contributed by atoms with Gasteiger partial charge in [0, 0.05) is 5.56 Å². The van der Waals surface area contributed by atoms with Crippen molar-refractivity contribution in [2.45, 2.75) is 19.9 Å². The summed E-state index contributed by atoms with van der Waals surface area (Å²) in [5, 5.41) is 7.58. The van der Waals surface area contributed by atoms with E-state index in [0.717, 1.165) is 38.7 Å². The van der Waals surface area contributed by atoms with Gasteiger partial charge in [-0.1, -0.05) is 11.4 Å². The minimum atomic E-state index is -0.00726. The van der Waals surface area contributed by atoms with Gasteiger partial charge < -0.3 is 14.8 Å². The zero-order valence-corrected chi connectivity index (χ0v) is 14.8. The highest BCUT2D eigenvalue weighted by atomic mass is 79.9. The van der Waals surface area contributed by atoms with Crippen molar-refractivity contribution in [2.24, 2.45) is 0 Å². The van der Waals surface area contributed by atoms with Gasteiger partial charge in [-0.25, -0.2) is 0 Å². The average Bonchev–Trinajstić information content (AvgIpc) is 2.90. The van der Waals surface area contributed by atoms with E-state index in [4.69, 9.17) is 9.47 Å². The van der Waals surface area contributed by atoms with Crippen LogP contribution in [0.2, 0.25) is 0 Å². The SMILES string of the molecule is CCNC(c1ccc(OC)c(Br)c1OC)c1snnc1C. The molecule has 1 N–H and O–H groups in total. The summed E-state index contributed by atoms with van der Waals surface area (Å²) < 4.78 is 15.8. The van der Waals surface area contributed by atoms with E-state index in [9.17, 15) is 0 Å². The number of aromatic nitrogens is 2. The molecule has 114 valence electrons. The van der Waals surface area contributed by atoms with Crippen LogP contribution in [-0.4, -0.2) is 30.4 Å². The number of nitrogens with one attached hydrogen (secondary N) is 1. The summed E-state index contributed by atoms with van der Waals surface area (Å²) in [4.78, 5) is 1.09. The van der Waals surface area contributed by atoms with E-state index in [2.05, 4.69) is 37.8 Å². The van der Waals surface area contributed by atoms with Crippen LogP contribution in [0.15, 0.2) is 16.6 Å². The van der Waals surface area contributed by atoms with Gasteiger partial charge in [0.15, 0.2) is 0 Å². The van der Waals surface area contributed by atoms with E-state index in [1.165, 1.54) is 11.5 Å². The van der Waals surface area contributed by atoms with Crippen LogP contribution < -0.4 is 14.8 Å². The number of hydrogen-bond acceptors (Lipinski definition) is 6. The van der Waals surface area contributed by atoms with Gasteiger partial charge >= 0.3 is 0 Å². The molecular weight excluding hydrogens is 354 g/mol. The Morgan fingerprint density at radius 2 is 2.10 bits per heavy atom. The summed E-state index contributed by atoms with van der Waals surface area (Å²) in [7, 11) is 3.29. The minimum Gasteiger partial charge on any atom is -0.495 e. The number of rotatable bonds is 6. The first-order valence-electron chi connectivity index (χ1n) is 6.56. The highest BCUT2D eigenvalue weighted by molar-refractivity contribution is 9.10. The molecule has 0 spiro atoms. The molecule has 21 heavy (non-hydrogen) atoms. The van der Waals surface area contributed by atoms with Gasteiger partial charge in [-0.3, -0.25) is 0 Å². The average molecular weight is 372 g/mol. The zero-order chi connectivity index (χ0) is 15.4. The van der Waals surface area contributed by atoms with Gasteiger partial charge in [-0.2, -0.15) is 0 Å². The Morgan fingerprint density at radius 3 is 2.62 bits per heavy atom. The van der Waals surface area contributed by atoms with Crippen LogP contribution in [0.25, 0.3) is 0 Å². The van der Waals surface area contributed by atoms with Crippen LogP contribution in [0, 0.1) is 6.92 Å². The summed E-state index contributed by atoms with van der Waals surface area (Å²) in [5.74, 6) is 1.50. The van der Waals surface area contributed by atoms with Gasteiger partial charge in [0.2, 0.25) is 0 Å². The van der Waals surface area contributed by atoms with E-state index in [-0.39, 0.29) is 6.04 Å². The van der Waals surface area contributed by atoms with Gasteiger partial charge in [-0.15, -0.1) is 5.10 Å². The smallest absolute Gasteiger partial charge is 0.141 e. The third kappa shape index (κ3) is 3.20. The highest BCUT2D eigenvalue weighted by Crippen LogP contribution is 2.42. The molecular formula is C14H18BrN3O2S. The molecule has 0 radical (unpaired) electrons. The van der Waals surface area contributed by atoms with Crippen molar-refractivity contribution >= 4 is 27.5 Å². The molecule has 0 aliphatic heterocycles. The summed E-state index contributed by atoms with van der Waals surface area (Å²) >= 11 is 4.95. The topological polar surface area (TPSA) is 56.3 Å². The Kier molecular flexibility index (Phi) is 5.55. The second-order valence-electron chi connectivity index (χ2n) is 4.42. The van der Waals surface area contributed by atoms with Crippen LogP contribution in [-0.2, 0) is 0 Å². The lowest BCUT2D eigenvalue weighted by Crippen LogP contribution is -2.22. The number of aryl methyl sites for hydroxylation is 1. The molecule has 1 heterocycles. The van der Waals surface area contributed by atoms with Gasteiger partial charge in [0.1, 0.15) is 16.0 Å². The van der Waals surface area contributed by atoms with Crippen LogP contribution in [0.3, 0.4) is 0 Å². The number of benzene rings is 1. The molecule has 7 heteroatoms. The lowest BCUT2D eigenvalue weighted by molar-refractivity contribution is 0.383. The number of halogens is 1. The highest BCUT2D eigenvalue weighted by Gasteiger charge is 2.24. The number of ether oxygens (including phenoxy) is 2. The molecule has 0 saturated heterocycles. The summed E-state index contributed by atoms with van der Waals surface area (Å²) in [6.07, 6.45) is 0. The molecule has 1 aromatic carbocycles. The lowest BCUT2D eigenvalue weighted by Gasteiger charge is -2.21. The normalized spacial score (nSPS) is 12.2. The van der Waals surface area contributed by atoms with Crippen molar-refractivity contribution in [3.05, 3.63) is 32.7 Å². The second kappa shape index (κ2) is 7.20. The van der Waals surface area contributed by atoms with Gasteiger partial charge in [-0.05, 0) is 53.1 Å². The molecule has 1 aromatic heterocycles. The zero-order valence-electron chi connectivity index (χ0n) is 12.4. The van der Waals surface area contributed by atoms with E-state index in [1.807, 2.05) is 19.1 Å². The fourth-order valence-corrected chi connectivity index (χ4v) is 3.62. The van der Waals surface area contributed by atoms with E-state index >= 15 is 0 Å². The van der Waals surface area contributed by atoms with Crippen molar-refractivity contribution in [3.8, 4) is 11.5 Å². The fraction of sp³-hybridized carbons (Fsp3) is 0.429. The summed E-state index contributed by atoms with van der Waals surface area (Å²) in [6, 6.07) is 3.93. The molecule has 1 atom stereocenters. The van der Waals surface area contributed by atoms with Crippen molar-refractivity contribution < 1.29 is 9.47 Å². The maximum atomic E-state index is 5.58. The quantitative estimate of drug-likeness (QED) is 0.843. The Morgan fingerprint density at radius 1 is 1.33 bits per heavy atom. The first kappa shape index (κ1) is 16.2. The summed E-state index contributed by atoms with van der Waals surface area (Å²) in [6.45, 7) is 4.87. The Bertz CT molecular complexity index is 618. The van der Waals surface area contributed by atoms with Crippen LogP contribution >= 0.6 is 27.5 Å². The minimum absolute atomic E-state index is 0.00726. The molecule has 5 nitrogen and oxygen atoms in total. The molecule has 2 rings (SSSR count). The van der Waals surface area contributed by atoms with Crippen molar-refractivity contribution in [3.63, 3.8) is 0 Å². The molecule has 0 bridgehead atoms. The molecule has 1 unspecified atom stereocenters. The standard InChI is InChI=1S/C14H18BrN3O2S/c1-5-16-12(14-8(2)17-18-21-14)9-6-7-10(19-3)11(15)13(9)20-4/h6-7,12,16H,5H2,1-4H3. The largest absolute Gasteiger partial charge is 0.495 e. The number of methoxy groups -OCH3 is 2. The maximum Gasteiger partial charge on any atom is 0.141 e. The number of hydrogen-bond donors (Lipinski definition) is 1. The van der Waals surface area contributed by atoms with Crippen molar-refractivity contribution in [2.75, 3.05) is 20.8 Å².